The second kappa shape index (κ2) is 6.14. The normalized spacial score (nSPS) is 10.3. The van der Waals surface area contributed by atoms with Crippen LogP contribution in [-0.4, -0.2) is 11.0 Å². The van der Waals surface area contributed by atoms with Gasteiger partial charge in [-0.25, -0.2) is 8.78 Å². The largest absolute Gasteiger partial charge is 0.508 e. The lowest BCUT2D eigenvalue weighted by Gasteiger charge is -2.06. The second-order valence-electron chi connectivity index (χ2n) is 4.37. The molecule has 0 spiro atoms. The van der Waals surface area contributed by atoms with E-state index in [1.807, 2.05) is 0 Å². The van der Waals surface area contributed by atoms with Gasteiger partial charge in [0.1, 0.15) is 5.75 Å². The Labute approximate surface area is 114 Å². The van der Waals surface area contributed by atoms with Crippen molar-refractivity contribution in [2.45, 2.75) is 13.0 Å². The molecule has 0 atom stereocenters. The Morgan fingerprint density at radius 3 is 2.30 bits per heavy atom. The van der Waals surface area contributed by atoms with Gasteiger partial charge < -0.3 is 10.4 Å². The van der Waals surface area contributed by atoms with Crippen molar-refractivity contribution < 1.29 is 18.7 Å². The van der Waals surface area contributed by atoms with Crippen LogP contribution in [0.2, 0.25) is 0 Å². The highest BCUT2D eigenvalue weighted by Gasteiger charge is 2.07. The first-order valence-corrected chi connectivity index (χ1v) is 6.03. The van der Waals surface area contributed by atoms with Crippen LogP contribution < -0.4 is 5.32 Å². The number of nitrogens with one attached hydrogen (secondary N) is 1. The van der Waals surface area contributed by atoms with E-state index >= 15 is 0 Å². The van der Waals surface area contributed by atoms with E-state index in [1.54, 1.807) is 12.1 Å². The van der Waals surface area contributed by atoms with Gasteiger partial charge in [0.15, 0.2) is 11.6 Å². The van der Waals surface area contributed by atoms with Crippen LogP contribution in [0, 0.1) is 11.6 Å². The zero-order chi connectivity index (χ0) is 14.5. The van der Waals surface area contributed by atoms with Crippen LogP contribution in [0.4, 0.5) is 8.78 Å². The smallest absolute Gasteiger partial charge is 0.224 e. The van der Waals surface area contributed by atoms with Crippen LogP contribution in [0.25, 0.3) is 0 Å². The summed E-state index contributed by atoms with van der Waals surface area (Å²) in [5, 5.41) is 11.8. The number of phenols is 1. The Kier molecular flexibility index (Phi) is 4.30. The molecule has 20 heavy (non-hydrogen) atoms. The molecule has 2 aromatic carbocycles. The number of halogens is 2. The molecule has 2 N–H and O–H groups in total. The van der Waals surface area contributed by atoms with Gasteiger partial charge in [0, 0.05) is 6.54 Å². The molecule has 3 nitrogen and oxygen atoms in total. The number of aromatic hydroxyl groups is 1. The topological polar surface area (TPSA) is 49.3 Å². The van der Waals surface area contributed by atoms with Crippen molar-refractivity contribution >= 4 is 5.91 Å². The van der Waals surface area contributed by atoms with Gasteiger partial charge >= 0.3 is 0 Å². The minimum absolute atomic E-state index is 0.0186. The average Bonchev–Trinajstić information content (AvgIpc) is 2.42. The Hall–Kier alpha value is -2.43. The summed E-state index contributed by atoms with van der Waals surface area (Å²) in [5.74, 6) is -2.03. The molecule has 0 aliphatic heterocycles. The van der Waals surface area contributed by atoms with Gasteiger partial charge in [-0.15, -0.1) is 0 Å². The highest BCUT2D eigenvalue weighted by Crippen LogP contribution is 2.10. The van der Waals surface area contributed by atoms with E-state index < -0.39 is 11.6 Å². The van der Waals surface area contributed by atoms with Gasteiger partial charge in [-0.05, 0) is 35.4 Å². The molecule has 0 aromatic heterocycles. The van der Waals surface area contributed by atoms with Gasteiger partial charge in [0.05, 0.1) is 6.42 Å². The number of carbonyl (C=O) groups is 1. The Morgan fingerprint density at radius 2 is 1.65 bits per heavy atom. The maximum absolute atomic E-state index is 13.0. The van der Waals surface area contributed by atoms with Crippen molar-refractivity contribution in [1.82, 2.24) is 5.32 Å². The van der Waals surface area contributed by atoms with E-state index in [1.165, 1.54) is 18.2 Å². The first-order valence-electron chi connectivity index (χ1n) is 6.03. The van der Waals surface area contributed by atoms with Gasteiger partial charge in [-0.2, -0.15) is 0 Å². The lowest BCUT2D eigenvalue weighted by molar-refractivity contribution is -0.120. The molecular weight excluding hydrogens is 264 g/mol. The Bertz CT molecular complexity index is 612. The van der Waals surface area contributed by atoms with E-state index in [4.69, 9.17) is 5.11 Å². The van der Waals surface area contributed by atoms with Gasteiger partial charge in [-0.1, -0.05) is 18.2 Å². The summed E-state index contributed by atoms with van der Waals surface area (Å²) < 4.78 is 25.7. The molecule has 0 unspecified atom stereocenters. The minimum Gasteiger partial charge on any atom is -0.508 e. The molecule has 2 aromatic rings. The molecule has 0 radical (unpaired) electrons. The van der Waals surface area contributed by atoms with Crippen LogP contribution >= 0.6 is 0 Å². The maximum Gasteiger partial charge on any atom is 0.224 e. The fourth-order valence-corrected chi connectivity index (χ4v) is 1.71. The number of amides is 1. The third kappa shape index (κ3) is 3.78. The predicted molar refractivity (Wildman–Crippen MR) is 70.0 cm³/mol. The van der Waals surface area contributed by atoms with Crippen LogP contribution in [0.5, 0.6) is 5.75 Å². The predicted octanol–water partition coefficient (Wildman–Crippen LogP) is 2.53. The lowest BCUT2D eigenvalue weighted by atomic mass is 10.1. The lowest BCUT2D eigenvalue weighted by Crippen LogP contribution is -2.24. The monoisotopic (exact) mass is 277 g/mol. The number of benzene rings is 2. The fraction of sp³-hybridized carbons (Fsp3) is 0.133. The first-order chi connectivity index (χ1) is 9.54. The van der Waals surface area contributed by atoms with Crippen LogP contribution in [0.15, 0.2) is 42.5 Å². The van der Waals surface area contributed by atoms with E-state index in [9.17, 15) is 13.6 Å². The first kappa shape index (κ1) is 14.0. The molecule has 5 heteroatoms. The SMILES string of the molecule is O=C(Cc1ccc(F)c(F)c1)NCc1ccc(O)cc1. The second-order valence-corrected chi connectivity index (χ2v) is 4.37. The molecule has 0 aliphatic carbocycles. The summed E-state index contributed by atoms with van der Waals surface area (Å²) >= 11 is 0. The van der Waals surface area contributed by atoms with E-state index in [0.29, 0.717) is 12.1 Å². The molecule has 0 saturated carbocycles. The molecule has 0 aliphatic rings. The highest BCUT2D eigenvalue weighted by atomic mass is 19.2. The third-order valence-corrected chi connectivity index (χ3v) is 2.77. The van der Waals surface area contributed by atoms with E-state index in [2.05, 4.69) is 5.32 Å². The number of carbonyl (C=O) groups excluding carboxylic acids is 1. The minimum atomic E-state index is -0.964. The summed E-state index contributed by atoms with van der Waals surface area (Å²) in [4.78, 5) is 11.7. The Balaban J connectivity index is 1.89. The van der Waals surface area contributed by atoms with Crippen molar-refractivity contribution in [3.05, 3.63) is 65.2 Å². The third-order valence-electron chi connectivity index (χ3n) is 2.77. The zero-order valence-corrected chi connectivity index (χ0v) is 10.6. The van der Waals surface area contributed by atoms with Crippen LogP contribution in [0.3, 0.4) is 0 Å². The molecule has 0 heterocycles. The van der Waals surface area contributed by atoms with Gasteiger partial charge in [-0.3, -0.25) is 4.79 Å². The van der Waals surface area contributed by atoms with Crippen molar-refractivity contribution in [2.75, 3.05) is 0 Å². The van der Waals surface area contributed by atoms with Crippen molar-refractivity contribution in [3.63, 3.8) is 0 Å². The van der Waals surface area contributed by atoms with Crippen LogP contribution in [0.1, 0.15) is 11.1 Å². The van der Waals surface area contributed by atoms with Crippen LogP contribution in [-0.2, 0) is 17.8 Å². The van der Waals surface area contributed by atoms with Crippen molar-refractivity contribution in [3.8, 4) is 5.75 Å². The molecular formula is C15H13F2NO2. The van der Waals surface area contributed by atoms with E-state index in [-0.39, 0.29) is 18.1 Å². The quantitative estimate of drug-likeness (QED) is 0.902. The Morgan fingerprint density at radius 1 is 1.00 bits per heavy atom. The van der Waals surface area contributed by atoms with Gasteiger partial charge in [0.2, 0.25) is 5.91 Å². The molecule has 1 amide bonds. The number of hydrogen-bond donors (Lipinski definition) is 2. The maximum atomic E-state index is 13.0. The summed E-state index contributed by atoms with van der Waals surface area (Å²) in [6.45, 7) is 0.308. The van der Waals surface area contributed by atoms with E-state index in [0.717, 1.165) is 17.7 Å². The van der Waals surface area contributed by atoms with Crippen molar-refractivity contribution in [2.24, 2.45) is 0 Å². The average molecular weight is 277 g/mol. The number of phenolic OH excluding ortho intramolecular Hbond substituents is 1. The fourth-order valence-electron chi connectivity index (χ4n) is 1.71. The summed E-state index contributed by atoms with van der Waals surface area (Å²) in [6, 6.07) is 9.81. The molecule has 2 rings (SSSR count). The molecule has 104 valence electrons. The number of rotatable bonds is 4. The summed E-state index contributed by atoms with van der Waals surface area (Å²) in [6.07, 6.45) is -0.0186. The molecule has 0 bridgehead atoms. The number of hydrogen-bond acceptors (Lipinski definition) is 2. The molecule has 0 saturated heterocycles. The standard InChI is InChI=1S/C15H13F2NO2/c16-13-6-3-11(7-14(13)17)8-15(20)18-9-10-1-4-12(19)5-2-10/h1-7,19H,8-9H2,(H,18,20). The highest BCUT2D eigenvalue weighted by molar-refractivity contribution is 5.78. The van der Waals surface area contributed by atoms with Gasteiger partial charge in [0.25, 0.3) is 0 Å². The van der Waals surface area contributed by atoms with Crippen molar-refractivity contribution in [1.29, 1.82) is 0 Å². The zero-order valence-electron chi connectivity index (χ0n) is 10.6. The summed E-state index contributed by atoms with van der Waals surface area (Å²) in [5.41, 5.74) is 1.24. The molecule has 0 fully saturated rings. The summed E-state index contributed by atoms with van der Waals surface area (Å²) in [7, 11) is 0.